The summed E-state index contributed by atoms with van der Waals surface area (Å²) < 4.78 is 27.9. The fourth-order valence-electron chi connectivity index (χ4n) is 3.38. The van der Waals surface area contributed by atoms with Gasteiger partial charge in [-0.15, -0.1) is 0 Å². The predicted octanol–water partition coefficient (Wildman–Crippen LogP) is 5.02. The van der Waals surface area contributed by atoms with Crippen molar-refractivity contribution in [2.24, 2.45) is 0 Å². The summed E-state index contributed by atoms with van der Waals surface area (Å²) >= 11 is 3.41. The van der Waals surface area contributed by atoms with Gasteiger partial charge in [-0.1, -0.05) is 15.9 Å². The summed E-state index contributed by atoms with van der Waals surface area (Å²) in [5.41, 5.74) is 1.38. The van der Waals surface area contributed by atoms with E-state index in [1.54, 1.807) is 49.6 Å². The molecule has 3 aromatic rings. The van der Waals surface area contributed by atoms with Gasteiger partial charge >= 0.3 is 5.97 Å². The number of carbonyl (C=O) groups is 2. The largest absolute Gasteiger partial charge is 0.496 e. The van der Waals surface area contributed by atoms with Crippen molar-refractivity contribution in [3.63, 3.8) is 0 Å². The molecule has 160 valence electrons. The van der Waals surface area contributed by atoms with Crippen LogP contribution in [0.25, 0.3) is 6.08 Å². The average Bonchev–Trinajstić information content (AvgIpc) is 3.38. The molecule has 32 heavy (non-hydrogen) atoms. The highest BCUT2D eigenvalue weighted by molar-refractivity contribution is 9.10. The number of rotatable bonds is 4. The Hall–Kier alpha value is -3.78. The molecule has 0 N–H and O–H groups in total. The molecule has 0 aliphatic carbocycles. The zero-order valence-corrected chi connectivity index (χ0v) is 18.3. The molecule has 0 atom stereocenters. The van der Waals surface area contributed by atoms with Crippen LogP contribution in [0.15, 0.2) is 64.8 Å². The molecule has 7 nitrogen and oxygen atoms in total. The summed E-state index contributed by atoms with van der Waals surface area (Å²) in [5, 5.41) is 0. The van der Waals surface area contributed by atoms with Crippen LogP contribution in [0.1, 0.15) is 26.3 Å². The van der Waals surface area contributed by atoms with Crippen molar-refractivity contribution in [1.29, 1.82) is 0 Å². The van der Waals surface area contributed by atoms with Crippen LogP contribution in [0.4, 0.5) is 0 Å². The minimum atomic E-state index is -0.567. The van der Waals surface area contributed by atoms with E-state index in [4.69, 9.17) is 23.7 Å². The molecule has 5 rings (SSSR count). The number of fused-ring (bicyclic) bond motifs is 2. The summed E-state index contributed by atoms with van der Waals surface area (Å²) in [4.78, 5) is 25.3. The van der Waals surface area contributed by atoms with Crippen molar-refractivity contribution in [3.8, 4) is 28.7 Å². The number of benzene rings is 3. The number of halogens is 1. The van der Waals surface area contributed by atoms with E-state index in [1.807, 2.05) is 12.1 Å². The van der Waals surface area contributed by atoms with E-state index >= 15 is 0 Å². The molecule has 0 fully saturated rings. The maximum atomic E-state index is 12.8. The van der Waals surface area contributed by atoms with Crippen molar-refractivity contribution in [3.05, 3.63) is 81.5 Å². The first-order chi connectivity index (χ1) is 15.5. The fourth-order valence-corrected chi connectivity index (χ4v) is 3.76. The molecule has 0 saturated carbocycles. The molecule has 2 heterocycles. The van der Waals surface area contributed by atoms with Crippen LogP contribution < -0.4 is 23.7 Å². The van der Waals surface area contributed by atoms with Gasteiger partial charge in [-0.05, 0) is 54.6 Å². The van der Waals surface area contributed by atoms with Gasteiger partial charge in [0.2, 0.25) is 12.6 Å². The Kier molecular flexibility index (Phi) is 5.07. The molecule has 0 spiro atoms. The van der Waals surface area contributed by atoms with Gasteiger partial charge in [0, 0.05) is 16.1 Å². The summed E-state index contributed by atoms with van der Waals surface area (Å²) in [5.74, 6) is 1.54. The lowest BCUT2D eigenvalue weighted by molar-refractivity contribution is 0.0734. The van der Waals surface area contributed by atoms with Gasteiger partial charge in [0.15, 0.2) is 17.3 Å². The topological polar surface area (TPSA) is 80.3 Å². The van der Waals surface area contributed by atoms with Gasteiger partial charge in [0.25, 0.3) is 0 Å². The van der Waals surface area contributed by atoms with Gasteiger partial charge in [0.1, 0.15) is 17.2 Å². The van der Waals surface area contributed by atoms with Crippen molar-refractivity contribution in [1.82, 2.24) is 0 Å². The van der Waals surface area contributed by atoms with E-state index in [2.05, 4.69) is 15.9 Å². The molecule has 2 aliphatic heterocycles. The maximum absolute atomic E-state index is 12.8. The Morgan fingerprint density at radius 3 is 2.69 bits per heavy atom. The number of hydrogen-bond donors (Lipinski definition) is 0. The summed E-state index contributed by atoms with van der Waals surface area (Å²) in [7, 11) is 1.55. The van der Waals surface area contributed by atoms with Crippen LogP contribution in [-0.2, 0) is 0 Å². The van der Waals surface area contributed by atoms with Crippen molar-refractivity contribution in [2.75, 3.05) is 13.9 Å². The number of allylic oxidation sites excluding steroid dienone is 1. The van der Waals surface area contributed by atoms with Crippen LogP contribution in [-0.4, -0.2) is 25.7 Å². The molecule has 2 aliphatic rings. The summed E-state index contributed by atoms with van der Waals surface area (Å²) in [6.45, 7) is 0.117. The Morgan fingerprint density at radius 2 is 1.84 bits per heavy atom. The van der Waals surface area contributed by atoms with Crippen LogP contribution in [0, 0.1) is 0 Å². The Morgan fingerprint density at radius 1 is 1.00 bits per heavy atom. The van der Waals surface area contributed by atoms with Gasteiger partial charge in [0.05, 0.1) is 18.2 Å². The summed E-state index contributed by atoms with van der Waals surface area (Å²) in [6.07, 6.45) is 1.62. The molecular formula is C24H15BrO7. The molecule has 0 amide bonds. The molecule has 0 aromatic heterocycles. The second-order valence-corrected chi connectivity index (χ2v) is 7.86. The molecule has 0 unspecified atom stereocenters. The number of methoxy groups -OCH3 is 1. The van der Waals surface area contributed by atoms with Gasteiger partial charge in [-0.2, -0.15) is 0 Å². The molecule has 3 aromatic carbocycles. The van der Waals surface area contributed by atoms with Gasteiger partial charge in [-0.25, -0.2) is 4.79 Å². The van der Waals surface area contributed by atoms with Crippen molar-refractivity contribution in [2.45, 2.75) is 0 Å². The van der Waals surface area contributed by atoms with Crippen LogP contribution in [0.5, 0.6) is 28.7 Å². The molecular weight excluding hydrogens is 480 g/mol. The van der Waals surface area contributed by atoms with E-state index < -0.39 is 5.97 Å². The highest BCUT2D eigenvalue weighted by Gasteiger charge is 2.28. The van der Waals surface area contributed by atoms with E-state index in [1.165, 1.54) is 6.07 Å². The highest BCUT2D eigenvalue weighted by atomic mass is 79.9. The number of hydrogen-bond acceptors (Lipinski definition) is 7. The van der Waals surface area contributed by atoms with Crippen LogP contribution in [0.3, 0.4) is 0 Å². The number of Topliss-reactive ketones (excluding diaryl/α,β-unsaturated/α-hetero) is 1. The molecule has 0 radical (unpaired) electrons. The maximum Gasteiger partial charge on any atom is 0.343 e. The van der Waals surface area contributed by atoms with E-state index in [-0.39, 0.29) is 24.1 Å². The minimum Gasteiger partial charge on any atom is -0.496 e. The quantitative estimate of drug-likeness (QED) is 0.286. The SMILES string of the molecule is COc1ccc(Br)cc1C=C1Oc2cc(OC(=O)c3ccc4c(c3)OCO4)ccc2C1=O. The number of ketones is 1. The molecule has 0 saturated heterocycles. The van der Waals surface area contributed by atoms with Crippen molar-refractivity contribution < 1.29 is 33.3 Å². The first-order valence-corrected chi connectivity index (χ1v) is 10.3. The summed E-state index contributed by atoms with van der Waals surface area (Å²) in [6, 6.07) is 14.9. The first-order valence-electron chi connectivity index (χ1n) is 9.55. The van der Waals surface area contributed by atoms with Crippen LogP contribution >= 0.6 is 15.9 Å². The van der Waals surface area contributed by atoms with Crippen molar-refractivity contribution >= 4 is 33.8 Å². The Bertz CT molecular complexity index is 1300. The number of carbonyl (C=O) groups excluding carboxylic acids is 2. The Balaban J connectivity index is 1.37. The van der Waals surface area contributed by atoms with Gasteiger partial charge in [-0.3, -0.25) is 4.79 Å². The van der Waals surface area contributed by atoms with E-state index in [0.29, 0.717) is 39.7 Å². The van der Waals surface area contributed by atoms with Gasteiger partial charge < -0.3 is 23.7 Å². The monoisotopic (exact) mass is 494 g/mol. The predicted molar refractivity (Wildman–Crippen MR) is 118 cm³/mol. The third kappa shape index (κ3) is 3.69. The normalized spacial score (nSPS) is 14.8. The first kappa shape index (κ1) is 20.1. The van der Waals surface area contributed by atoms with E-state index in [0.717, 1.165) is 4.47 Å². The fraction of sp³-hybridized carbons (Fsp3) is 0.0833. The highest BCUT2D eigenvalue weighted by Crippen LogP contribution is 2.37. The number of esters is 1. The zero-order valence-electron chi connectivity index (χ0n) is 16.7. The Labute approximate surface area is 191 Å². The number of ether oxygens (including phenoxy) is 5. The lowest BCUT2D eigenvalue weighted by Gasteiger charge is -2.07. The lowest BCUT2D eigenvalue weighted by Crippen LogP contribution is -2.08. The van der Waals surface area contributed by atoms with Crippen LogP contribution in [0.2, 0.25) is 0 Å². The third-order valence-electron chi connectivity index (χ3n) is 4.94. The third-order valence-corrected chi connectivity index (χ3v) is 5.43. The molecule has 8 heteroatoms. The average molecular weight is 495 g/mol. The minimum absolute atomic E-state index is 0.117. The van der Waals surface area contributed by atoms with E-state index in [9.17, 15) is 9.59 Å². The lowest BCUT2D eigenvalue weighted by atomic mass is 10.1. The smallest absolute Gasteiger partial charge is 0.343 e. The zero-order chi connectivity index (χ0) is 22.2. The molecule has 0 bridgehead atoms. The second kappa shape index (κ2) is 8.05. The second-order valence-electron chi connectivity index (χ2n) is 6.94. The standard InChI is InChI=1S/C24H15BrO7/c1-28-18-7-3-15(25)8-14(18)10-22-23(26)17-5-4-16(11-20(17)32-22)31-24(27)13-2-6-19-21(9-13)30-12-29-19/h2-11H,12H2,1H3.